The van der Waals surface area contributed by atoms with Crippen LogP contribution in [0, 0.1) is 5.92 Å². The molecule has 0 aliphatic heterocycles. The fraction of sp³-hybridized carbons (Fsp3) is 0.444. The number of carbonyl (C=O) groups excluding carboxylic acids is 1. The average Bonchev–Trinajstić information content (AvgIpc) is 3.29. The summed E-state index contributed by atoms with van der Waals surface area (Å²) in [5, 5.41) is 8.14. The van der Waals surface area contributed by atoms with E-state index in [9.17, 15) is 4.79 Å². The van der Waals surface area contributed by atoms with Crippen LogP contribution in [-0.4, -0.2) is 28.3 Å². The molecule has 5 nitrogen and oxygen atoms in total. The van der Waals surface area contributed by atoms with Gasteiger partial charge in [-0.15, -0.1) is 12.4 Å². The summed E-state index contributed by atoms with van der Waals surface area (Å²) >= 11 is 6.09. The molecule has 0 radical (unpaired) electrons. The molecule has 1 aliphatic carbocycles. The number of hydrogen-bond acceptors (Lipinski definition) is 3. The Morgan fingerprint density at radius 3 is 2.72 bits per heavy atom. The highest BCUT2D eigenvalue weighted by molar-refractivity contribution is 6.30. The van der Waals surface area contributed by atoms with Gasteiger partial charge in [0.05, 0.1) is 23.1 Å². The topological polar surface area (TPSA) is 72.9 Å². The molecule has 1 saturated carbocycles. The molecule has 7 heteroatoms. The number of benzene rings is 1. The maximum atomic E-state index is 12.7. The van der Waals surface area contributed by atoms with E-state index in [0.29, 0.717) is 23.0 Å². The molecule has 1 aromatic carbocycles. The molecule has 1 fully saturated rings. The molecule has 1 heterocycles. The molecule has 136 valence electrons. The van der Waals surface area contributed by atoms with Gasteiger partial charge >= 0.3 is 0 Å². The first-order valence-electron chi connectivity index (χ1n) is 8.36. The first kappa shape index (κ1) is 19.8. The van der Waals surface area contributed by atoms with Crippen LogP contribution in [0.1, 0.15) is 48.7 Å². The Hall–Kier alpha value is -1.56. The van der Waals surface area contributed by atoms with E-state index >= 15 is 0 Å². The van der Waals surface area contributed by atoms with Crippen molar-refractivity contribution < 1.29 is 4.79 Å². The van der Waals surface area contributed by atoms with Crippen molar-refractivity contribution in [2.75, 3.05) is 6.54 Å². The van der Waals surface area contributed by atoms with Gasteiger partial charge in [-0.1, -0.05) is 31.5 Å². The van der Waals surface area contributed by atoms with E-state index in [0.717, 1.165) is 24.2 Å². The van der Waals surface area contributed by atoms with Crippen LogP contribution in [0.2, 0.25) is 5.02 Å². The zero-order chi connectivity index (χ0) is 17.3. The van der Waals surface area contributed by atoms with E-state index in [-0.39, 0.29) is 30.3 Å². The van der Waals surface area contributed by atoms with E-state index in [2.05, 4.69) is 24.3 Å². The number of nitrogens with one attached hydrogen (secondary N) is 1. The first-order valence-corrected chi connectivity index (χ1v) is 8.73. The van der Waals surface area contributed by atoms with Gasteiger partial charge in [0.15, 0.2) is 0 Å². The number of nitrogens with zero attached hydrogens (tertiary/aromatic N) is 2. The summed E-state index contributed by atoms with van der Waals surface area (Å²) in [7, 11) is 0. The first-order chi connectivity index (χ1) is 11.5. The minimum Gasteiger partial charge on any atom is -0.348 e. The quantitative estimate of drug-likeness (QED) is 0.802. The van der Waals surface area contributed by atoms with Crippen LogP contribution < -0.4 is 11.1 Å². The van der Waals surface area contributed by atoms with E-state index in [1.165, 1.54) is 0 Å². The smallest absolute Gasteiger partial charge is 0.255 e. The lowest BCUT2D eigenvalue weighted by Gasteiger charge is -2.17. The van der Waals surface area contributed by atoms with Crippen molar-refractivity contribution in [1.82, 2.24) is 15.1 Å². The number of hydrogen-bond donors (Lipinski definition) is 2. The van der Waals surface area contributed by atoms with Crippen molar-refractivity contribution in [2.24, 2.45) is 11.7 Å². The molecule has 25 heavy (non-hydrogen) atoms. The van der Waals surface area contributed by atoms with Crippen molar-refractivity contribution in [2.45, 2.75) is 38.6 Å². The third-order valence-electron chi connectivity index (χ3n) is 4.41. The Bertz CT molecular complexity index is 740. The van der Waals surface area contributed by atoms with Crippen molar-refractivity contribution in [3.8, 4) is 5.69 Å². The predicted molar refractivity (Wildman–Crippen MR) is 103 cm³/mol. The molecule has 0 saturated heterocycles. The predicted octanol–water partition coefficient (Wildman–Crippen LogP) is 3.54. The molecule has 1 aliphatic rings. The Morgan fingerprint density at radius 2 is 2.16 bits per heavy atom. The van der Waals surface area contributed by atoms with Crippen molar-refractivity contribution >= 4 is 29.9 Å². The Balaban J connectivity index is 0.00000225. The molecule has 3 N–H and O–H groups in total. The maximum Gasteiger partial charge on any atom is 0.255 e. The summed E-state index contributed by atoms with van der Waals surface area (Å²) in [6, 6.07) is 7.51. The van der Waals surface area contributed by atoms with E-state index < -0.39 is 0 Å². The highest BCUT2D eigenvalue weighted by Gasteiger charge is 2.32. The molecular formula is C18H24Cl2N4O. The van der Waals surface area contributed by atoms with Gasteiger partial charge in [0.25, 0.3) is 5.91 Å². The van der Waals surface area contributed by atoms with Gasteiger partial charge in [0.2, 0.25) is 0 Å². The SMILES string of the molecule is CC(C)c1c(C(=O)NC(CN)C2CC2)cnn1-c1cccc(Cl)c1.Cl. The van der Waals surface area contributed by atoms with Gasteiger partial charge in [0.1, 0.15) is 0 Å². The summed E-state index contributed by atoms with van der Waals surface area (Å²) in [4.78, 5) is 12.7. The van der Waals surface area contributed by atoms with Gasteiger partial charge in [-0.3, -0.25) is 4.79 Å². The molecule has 1 aromatic heterocycles. The van der Waals surface area contributed by atoms with Crippen molar-refractivity contribution in [3.63, 3.8) is 0 Å². The van der Waals surface area contributed by atoms with Crippen LogP contribution in [0.15, 0.2) is 30.5 Å². The van der Waals surface area contributed by atoms with Gasteiger partial charge in [0, 0.05) is 17.6 Å². The Kier molecular flexibility index (Phi) is 6.49. The lowest BCUT2D eigenvalue weighted by molar-refractivity contribution is 0.0932. The van der Waals surface area contributed by atoms with Crippen LogP contribution in [0.3, 0.4) is 0 Å². The van der Waals surface area contributed by atoms with Crippen LogP contribution in [0.5, 0.6) is 0 Å². The number of carbonyl (C=O) groups is 1. The monoisotopic (exact) mass is 382 g/mol. The highest BCUT2D eigenvalue weighted by atomic mass is 35.5. The van der Waals surface area contributed by atoms with E-state index in [1.54, 1.807) is 10.9 Å². The summed E-state index contributed by atoms with van der Waals surface area (Å²) in [5.74, 6) is 0.559. The Morgan fingerprint density at radius 1 is 1.44 bits per heavy atom. The minimum atomic E-state index is -0.102. The van der Waals surface area contributed by atoms with Crippen LogP contribution in [-0.2, 0) is 0 Å². The molecule has 1 unspecified atom stereocenters. The maximum absolute atomic E-state index is 12.7. The second-order valence-electron chi connectivity index (χ2n) is 6.64. The Labute approximate surface area is 159 Å². The molecule has 0 spiro atoms. The molecule has 1 amide bonds. The molecule has 2 aromatic rings. The standard InChI is InChI=1S/C18H23ClN4O.ClH/c1-11(2)17-15(18(24)22-16(9-20)12-6-7-12)10-21-23(17)14-5-3-4-13(19)8-14;/h3-5,8,10-12,16H,6-7,9,20H2,1-2H3,(H,22,24);1H. The zero-order valence-corrected chi connectivity index (χ0v) is 16.0. The zero-order valence-electron chi connectivity index (χ0n) is 14.4. The van der Waals surface area contributed by atoms with Gasteiger partial charge in [-0.05, 0) is 42.9 Å². The van der Waals surface area contributed by atoms with Gasteiger partial charge in [-0.25, -0.2) is 4.68 Å². The third-order valence-corrected chi connectivity index (χ3v) is 4.65. The minimum absolute atomic E-state index is 0. The van der Waals surface area contributed by atoms with Gasteiger partial charge < -0.3 is 11.1 Å². The summed E-state index contributed by atoms with van der Waals surface area (Å²) < 4.78 is 1.79. The molecule has 1 atom stereocenters. The highest BCUT2D eigenvalue weighted by Crippen LogP contribution is 2.32. The summed E-state index contributed by atoms with van der Waals surface area (Å²) in [6.07, 6.45) is 3.91. The number of amides is 1. The molecule has 3 rings (SSSR count). The van der Waals surface area contributed by atoms with Crippen LogP contribution in [0.4, 0.5) is 0 Å². The lowest BCUT2D eigenvalue weighted by atomic mass is 10.0. The van der Waals surface area contributed by atoms with E-state index in [4.69, 9.17) is 17.3 Å². The average molecular weight is 383 g/mol. The third kappa shape index (κ3) is 4.35. The fourth-order valence-corrected chi connectivity index (χ4v) is 3.20. The largest absolute Gasteiger partial charge is 0.348 e. The second-order valence-corrected chi connectivity index (χ2v) is 7.08. The molecular weight excluding hydrogens is 359 g/mol. The normalized spacial score (nSPS) is 14.9. The lowest BCUT2D eigenvalue weighted by Crippen LogP contribution is -2.42. The number of nitrogens with two attached hydrogens (primary N) is 1. The number of halogens is 2. The summed E-state index contributed by atoms with van der Waals surface area (Å²) in [5.41, 5.74) is 8.13. The van der Waals surface area contributed by atoms with Gasteiger partial charge in [-0.2, -0.15) is 5.10 Å². The summed E-state index contributed by atoms with van der Waals surface area (Å²) in [6.45, 7) is 4.57. The molecule has 0 bridgehead atoms. The van der Waals surface area contributed by atoms with Crippen LogP contribution in [0.25, 0.3) is 5.69 Å². The number of aromatic nitrogens is 2. The number of rotatable bonds is 6. The second kappa shape index (κ2) is 8.21. The van der Waals surface area contributed by atoms with Crippen molar-refractivity contribution in [3.05, 3.63) is 46.7 Å². The fourth-order valence-electron chi connectivity index (χ4n) is 3.02. The van der Waals surface area contributed by atoms with E-state index in [1.807, 2.05) is 24.3 Å². The van der Waals surface area contributed by atoms with Crippen molar-refractivity contribution in [1.29, 1.82) is 0 Å². The van der Waals surface area contributed by atoms with Crippen LogP contribution >= 0.6 is 24.0 Å².